The summed E-state index contributed by atoms with van der Waals surface area (Å²) in [6.45, 7) is 4.12. The standard InChI is InChI=1S/C24H37N5O3/c30-23(28-32-24-8-4-5-15-31-24)10-9-20-16-26-22(17-25-20)27-21-12-14-29(18-21)13-11-19-6-2-1-3-7-19/h9-10,16-17,19,21,24H,1-8,11-15,18H2,(H,26,27)(H,28,30)/b10-9+/t21-,24?/m1/s1. The molecule has 0 bridgehead atoms. The van der Waals surface area contributed by atoms with Crippen molar-refractivity contribution in [3.8, 4) is 0 Å². The molecule has 3 aliphatic rings. The molecule has 1 saturated carbocycles. The second kappa shape index (κ2) is 12.3. The molecule has 2 atom stereocenters. The summed E-state index contributed by atoms with van der Waals surface area (Å²) in [4.78, 5) is 28.6. The van der Waals surface area contributed by atoms with E-state index in [4.69, 9.17) is 9.57 Å². The average molecular weight is 444 g/mol. The van der Waals surface area contributed by atoms with Crippen LogP contribution in [0.4, 0.5) is 5.82 Å². The molecule has 1 unspecified atom stereocenters. The number of nitrogens with zero attached hydrogens (tertiary/aromatic N) is 3. The second-order valence-corrected chi connectivity index (χ2v) is 9.26. The molecule has 176 valence electrons. The summed E-state index contributed by atoms with van der Waals surface area (Å²) < 4.78 is 5.41. The molecule has 3 heterocycles. The van der Waals surface area contributed by atoms with Crippen LogP contribution >= 0.6 is 0 Å². The third-order valence-electron chi connectivity index (χ3n) is 6.71. The van der Waals surface area contributed by atoms with Crippen molar-refractivity contribution >= 4 is 17.8 Å². The largest absolute Gasteiger partial charge is 0.365 e. The predicted octanol–water partition coefficient (Wildman–Crippen LogP) is 3.52. The number of nitrogens with one attached hydrogen (secondary N) is 2. The Hall–Kier alpha value is -2.03. The van der Waals surface area contributed by atoms with Gasteiger partial charge in [-0.3, -0.25) is 9.78 Å². The van der Waals surface area contributed by atoms with Crippen LogP contribution in [0.5, 0.6) is 0 Å². The van der Waals surface area contributed by atoms with Crippen LogP contribution < -0.4 is 10.8 Å². The minimum atomic E-state index is -0.356. The van der Waals surface area contributed by atoms with E-state index in [0.717, 1.165) is 50.5 Å². The van der Waals surface area contributed by atoms with E-state index in [2.05, 4.69) is 25.7 Å². The quantitative estimate of drug-likeness (QED) is 0.446. The molecule has 32 heavy (non-hydrogen) atoms. The number of carbonyl (C=O) groups is 1. The Morgan fingerprint density at radius 3 is 2.78 bits per heavy atom. The van der Waals surface area contributed by atoms with Crippen molar-refractivity contribution < 1.29 is 14.4 Å². The molecule has 1 aliphatic carbocycles. The Labute approximate surface area is 191 Å². The molecule has 2 aliphatic heterocycles. The minimum absolute atomic E-state index is 0.345. The van der Waals surface area contributed by atoms with Gasteiger partial charge in [0.1, 0.15) is 5.82 Å². The molecule has 0 radical (unpaired) electrons. The number of likely N-dealkylation sites (tertiary alicyclic amines) is 1. The van der Waals surface area contributed by atoms with Gasteiger partial charge in [-0.25, -0.2) is 15.3 Å². The van der Waals surface area contributed by atoms with Crippen molar-refractivity contribution in [3.05, 3.63) is 24.2 Å². The zero-order chi connectivity index (χ0) is 22.0. The third-order valence-corrected chi connectivity index (χ3v) is 6.71. The van der Waals surface area contributed by atoms with Crippen LogP contribution in [0.1, 0.15) is 69.9 Å². The van der Waals surface area contributed by atoms with Gasteiger partial charge in [-0.05, 0) is 44.2 Å². The molecule has 8 heteroatoms. The van der Waals surface area contributed by atoms with Gasteiger partial charge in [0, 0.05) is 38.2 Å². The summed E-state index contributed by atoms with van der Waals surface area (Å²) in [7, 11) is 0. The number of hydrogen-bond acceptors (Lipinski definition) is 7. The van der Waals surface area contributed by atoms with Crippen LogP contribution in [0.15, 0.2) is 18.5 Å². The topological polar surface area (TPSA) is 88.6 Å². The maximum atomic E-state index is 11.9. The fraction of sp³-hybridized carbons (Fsp3) is 0.708. The van der Waals surface area contributed by atoms with E-state index in [9.17, 15) is 4.79 Å². The van der Waals surface area contributed by atoms with Gasteiger partial charge < -0.3 is 15.0 Å². The van der Waals surface area contributed by atoms with Gasteiger partial charge in [0.05, 0.1) is 18.1 Å². The highest BCUT2D eigenvalue weighted by atomic mass is 16.8. The highest BCUT2D eigenvalue weighted by molar-refractivity contribution is 5.90. The SMILES string of the molecule is O=C(/C=C/c1cnc(N[C@@H]2CCN(CCC3CCCCC3)C2)cn1)NOC1CCCCO1. The molecule has 1 amide bonds. The number of rotatable bonds is 9. The molecule has 4 rings (SSSR count). The molecule has 2 saturated heterocycles. The van der Waals surface area contributed by atoms with Crippen molar-refractivity contribution in [2.75, 3.05) is 31.6 Å². The molecular weight excluding hydrogens is 406 g/mol. The molecule has 1 aromatic rings. The third kappa shape index (κ3) is 7.53. The second-order valence-electron chi connectivity index (χ2n) is 9.26. The van der Waals surface area contributed by atoms with Gasteiger partial charge in [0.25, 0.3) is 5.91 Å². The summed E-state index contributed by atoms with van der Waals surface area (Å²) in [5.74, 6) is 1.38. The summed E-state index contributed by atoms with van der Waals surface area (Å²) in [5.41, 5.74) is 3.03. The summed E-state index contributed by atoms with van der Waals surface area (Å²) in [6.07, 6.45) is 18.6. The highest BCUT2D eigenvalue weighted by Gasteiger charge is 2.23. The summed E-state index contributed by atoms with van der Waals surface area (Å²) in [6, 6.07) is 0.419. The predicted molar refractivity (Wildman–Crippen MR) is 124 cm³/mol. The van der Waals surface area contributed by atoms with Gasteiger partial charge in [-0.2, -0.15) is 0 Å². The van der Waals surface area contributed by atoms with Crippen molar-refractivity contribution in [1.29, 1.82) is 0 Å². The van der Waals surface area contributed by atoms with Crippen LogP contribution in [-0.2, 0) is 14.4 Å². The average Bonchev–Trinajstić information content (AvgIpc) is 3.29. The number of ether oxygens (including phenoxy) is 1. The Bertz CT molecular complexity index is 730. The molecular formula is C24H37N5O3. The van der Waals surface area contributed by atoms with E-state index in [0.29, 0.717) is 18.3 Å². The van der Waals surface area contributed by atoms with Crippen molar-refractivity contribution in [2.24, 2.45) is 5.92 Å². The Morgan fingerprint density at radius 2 is 2.00 bits per heavy atom. The van der Waals surface area contributed by atoms with Gasteiger partial charge in [0.2, 0.25) is 0 Å². The van der Waals surface area contributed by atoms with Gasteiger partial charge in [-0.1, -0.05) is 32.1 Å². The molecule has 8 nitrogen and oxygen atoms in total. The first-order valence-electron chi connectivity index (χ1n) is 12.3. The van der Waals surface area contributed by atoms with Crippen LogP contribution in [0.3, 0.4) is 0 Å². The van der Waals surface area contributed by atoms with E-state index in [1.807, 2.05) is 0 Å². The molecule has 3 fully saturated rings. The van der Waals surface area contributed by atoms with E-state index < -0.39 is 0 Å². The van der Waals surface area contributed by atoms with Crippen LogP contribution in [0.2, 0.25) is 0 Å². The Kier molecular flexibility index (Phi) is 8.88. The van der Waals surface area contributed by atoms with Gasteiger partial charge in [-0.15, -0.1) is 0 Å². The number of anilines is 1. The monoisotopic (exact) mass is 443 g/mol. The number of aromatic nitrogens is 2. The lowest BCUT2D eigenvalue weighted by atomic mass is 9.87. The molecule has 0 aromatic carbocycles. The Balaban J connectivity index is 1.14. The highest BCUT2D eigenvalue weighted by Crippen LogP contribution is 2.27. The van der Waals surface area contributed by atoms with E-state index in [1.165, 1.54) is 51.1 Å². The number of hydroxylamine groups is 1. The summed E-state index contributed by atoms with van der Waals surface area (Å²) >= 11 is 0. The van der Waals surface area contributed by atoms with Gasteiger partial charge >= 0.3 is 0 Å². The smallest absolute Gasteiger partial charge is 0.267 e. The van der Waals surface area contributed by atoms with E-state index in [1.54, 1.807) is 18.5 Å². The van der Waals surface area contributed by atoms with E-state index in [-0.39, 0.29) is 12.2 Å². The van der Waals surface area contributed by atoms with E-state index >= 15 is 0 Å². The fourth-order valence-corrected chi connectivity index (χ4v) is 4.83. The molecule has 2 N–H and O–H groups in total. The minimum Gasteiger partial charge on any atom is -0.365 e. The van der Waals surface area contributed by atoms with Crippen LogP contribution in [-0.4, -0.2) is 59.3 Å². The maximum absolute atomic E-state index is 11.9. The van der Waals surface area contributed by atoms with Crippen molar-refractivity contribution in [1.82, 2.24) is 20.3 Å². The number of amides is 1. The number of carbonyl (C=O) groups excluding carboxylic acids is 1. The fourth-order valence-electron chi connectivity index (χ4n) is 4.83. The lowest BCUT2D eigenvalue weighted by Gasteiger charge is -2.24. The summed E-state index contributed by atoms with van der Waals surface area (Å²) in [5, 5.41) is 3.50. The first kappa shape index (κ1) is 23.1. The zero-order valence-corrected chi connectivity index (χ0v) is 19.0. The first-order valence-corrected chi connectivity index (χ1v) is 12.3. The lowest BCUT2D eigenvalue weighted by molar-refractivity contribution is -0.198. The molecule has 0 spiro atoms. The van der Waals surface area contributed by atoms with Gasteiger partial charge in [0.15, 0.2) is 6.29 Å². The van der Waals surface area contributed by atoms with Crippen LogP contribution in [0.25, 0.3) is 6.08 Å². The zero-order valence-electron chi connectivity index (χ0n) is 19.0. The number of hydrogen-bond donors (Lipinski definition) is 2. The van der Waals surface area contributed by atoms with Crippen molar-refractivity contribution in [2.45, 2.75) is 76.5 Å². The Morgan fingerprint density at radius 1 is 1.12 bits per heavy atom. The normalized spacial score (nSPS) is 25.2. The van der Waals surface area contributed by atoms with Crippen molar-refractivity contribution in [3.63, 3.8) is 0 Å². The first-order chi connectivity index (χ1) is 15.7. The molecule has 1 aromatic heterocycles. The van der Waals surface area contributed by atoms with Crippen LogP contribution in [0, 0.1) is 5.92 Å². The maximum Gasteiger partial charge on any atom is 0.267 e. The lowest BCUT2D eigenvalue weighted by Crippen LogP contribution is -2.32.